The van der Waals surface area contributed by atoms with E-state index in [1.807, 2.05) is 7.05 Å². The SMILES string of the molecule is CNc1nc([C@@]2(O)CC[C@H]3[C@@H]4CCC5=C[C@@H](O)CC[C@]5(C)[C@H]4CC[C@@]32C)cs1. The topological polar surface area (TPSA) is 65.4 Å². The second-order valence-corrected chi connectivity index (χ2v) is 11.1. The van der Waals surface area contributed by atoms with Gasteiger partial charge in [0.05, 0.1) is 11.8 Å². The molecule has 0 radical (unpaired) electrons. The normalized spacial score (nSPS) is 47.7. The highest BCUT2D eigenvalue weighted by molar-refractivity contribution is 7.13. The van der Waals surface area contributed by atoms with Gasteiger partial charge in [-0.1, -0.05) is 25.5 Å². The van der Waals surface area contributed by atoms with E-state index in [2.05, 4.69) is 30.6 Å². The monoisotopic (exact) mass is 402 g/mol. The fourth-order valence-electron chi connectivity index (χ4n) is 7.73. The van der Waals surface area contributed by atoms with Crippen molar-refractivity contribution in [3.8, 4) is 0 Å². The Bertz CT molecular complexity index is 806. The summed E-state index contributed by atoms with van der Waals surface area (Å²) in [5, 5.41) is 28.2. The third-order valence-electron chi connectivity index (χ3n) is 9.38. The first kappa shape index (κ1) is 19.1. The Morgan fingerprint density at radius 3 is 2.64 bits per heavy atom. The van der Waals surface area contributed by atoms with Crippen LogP contribution in [0.15, 0.2) is 17.0 Å². The van der Waals surface area contributed by atoms with Gasteiger partial charge in [0.2, 0.25) is 0 Å². The van der Waals surface area contributed by atoms with Crippen molar-refractivity contribution in [3.63, 3.8) is 0 Å². The van der Waals surface area contributed by atoms with Crippen LogP contribution in [-0.4, -0.2) is 28.3 Å². The van der Waals surface area contributed by atoms with Gasteiger partial charge in [0.15, 0.2) is 5.13 Å². The maximum atomic E-state index is 11.9. The van der Waals surface area contributed by atoms with Crippen molar-refractivity contribution in [2.24, 2.45) is 28.6 Å². The smallest absolute Gasteiger partial charge is 0.182 e. The summed E-state index contributed by atoms with van der Waals surface area (Å²) in [6.45, 7) is 4.81. The predicted molar refractivity (Wildman–Crippen MR) is 113 cm³/mol. The molecule has 0 saturated heterocycles. The molecule has 1 aromatic rings. The lowest BCUT2D eigenvalue weighted by Crippen LogP contribution is -2.54. The quantitative estimate of drug-likeness (QED) is 0.628. The van der Waals surface area contributed by atoms with Crippen molar-refractivity contribution < 1.29 is 10.2 Å². The summed E-state index contributed by atoms with van der Waals surface area (Å²) < 4.78 is 0. The molecule has 3 N–H and O–H groups in total. The van der Waals surface area contributed by atoms with E-state index in [0.29, 0.717) is 17.8 Å². The minimum atomic E-state index is -0.798. The fourth-order valence-corrected chi connectivity index (χ4v) is 8.47. The van der Waals surface area contributed by atoms with E-state index in [1.165, 1.54) is 18.4 Å². The van der Waals surface area contributed by atoms with Gasteiger partial charge in [0.25, 0.3) is 0 Å². The van der Waals surface area contributed by atoms with Crippen LogP contribution in [0.5, 0.6) is 0 Å². The number of aromatic nitrogens is 1. The number of nitrogens with zero attached hydrogens (tertiary/aromatic N) is 1. The third-order valence-corrected chi connectivity index (χ3v) is 10.2. The van der Waals surface area contributed by atoms with Gasteiger partial charge in [-0.05, 0) is 74.5 Å². The Balaban J connectivity index is 1.48. The summed E-state index contributed by atoms with van der Waals surface area (Å²) in [7, 11) is 1.89. The van der Waals surface area contributed by atoms with E-state index in [0.717, 1.165) is 49.4 Å². The van der Waals surface area contributed by atoms with Gasteiger partial charge in [0, 0.05) is 17.8 Å². The number of hydrogen-bond donors (Lipinski definition) is 3. The lowest BCUT2D eigenvalue weighted by atomic mass is 9.46. The van der Waals surface area contributed by atoms with Crippen molar-refractivity contribution >= 4 is 16.5 Å². The molecule has 0 unspecified atom stereocenters. The number of allylic oxidation sites excluding steroid dienone is 1. The summed E-state index contributed by atoms with van der Waals surface area (Å²) in [5.74, 6) is 1.96. The Morgan fingerprint density at radius 2 is 1.89 bits per heavy atom. The first-order valence-corrected chi connectivity index (χ1v) is 12.0. The van der Waals surface area contributed by atoms with E-state index in [-0.39, 0.29) is 16.9 Å². The summed E-state index contributed by atoms with van der Waals surface area (Å²) >= 11 is 1.60. The first-order valence-electron chi connectivity index (χ1n) is 11.1. The van der Waals surface area contributed by atoms with Crippen molar-refractivity contribution in [3.05, 3.63) is 22.7 Å². The lowest BCUT2D eigenvalue weighted by molar-refractivity contribution is -0.134. The van der Waals surface area contributed by atoms with Gasteiger partial charge < -0.3 is 15.5 Å². The number of aliphatic hydroxyl groups is 2. The number of fused-ring (bicyclic) bond motifs is 5. The molecule has 0 amide bonds. The molecule has 0 aliphatic heterocycles. The van der Waals surface area contributed by atoms with Gasteiger partial charge >= 0.3 is 0 Å². The summed E-state index contributed by atoms with van der Waals surface area (Å²) in [5.41, 5.74) is 1.77. The lowest BCUT2D eigenvalue weighted by Gasteiger charge is -2.59. The maximum Gasteiger partial charge on any atom is 0.182 e. The van der Waals surface area contributed by atoms with Gasteiger partial charge in [-0.15, -0.1) is 11.3 Å². The van der Waals surface area contributed by atoms with Crippen LogP contribution in [0.25, 0.3) is 0 Å². The molecule has 5 heteroatoms. The average molecular weight is 403 g/mol. The number of rotatable bonds is 2. The zero-order valence-electron chi connectivity index (χ0n) is 17.4. The van der Waals surface area contributed by atoms with Gasteiger partial charge in [0.1, 0.15) is 5.60 Å². The molecule has 1 heterocycles. The molecule has 4 nitrogen and oxygen atoms in total. The summed E-state index contributed by atoms with van der Waals surface area (Å²) in [4.78, 5) is 4.73. The Kier molecular flexibility index (Phi) is 4.29. The summed E-state index contributed by atoms with van der Waals surface area (Å²) in [6.07, 6.45) is 10.5. The molecule has 154 valence electrons. The molecular weight excluding hydrogens is 368 g/mol. The highest BCUT2D eigenvalue weighted by atomic mass is 32.1. The van der Waals surface area contributed by atoms with Crippen LogP contribution in [0.3, 0.4) is 0 Å². The Labute approximate surface area is 172 Å². The first-order chi connectivity index (χ1) is 13.3. The van der Waals surface area contributed by atoms with Gasteiger partial charge in [-0.3, -0.25) is 0 Å². The van der Waals surface area contributed by atoms with Crippen LogP contribution in [0.4, 0.5) is 5.13 Å². The molecule has 1 aromatic heterocycles. The van der Waals surface area contributed by atoms with Gasteiger partial charge in [-0.2, -0.15) is 0 Å². The van der Waals surface area contributed by atoms with E-state index < -0.39 is 5.60 Å². The zero-order valence-corrected chi connectivity index (χ0v) is 18.2. The van der Waals surface area contributed by atoms with Crippen LogP contribution < -0.4 is 5.32 Å². The molecule has 0 aromatic carbocycles. The minimum Gasteiger partial charge on any atom is -0.389 e. The van der Waals surface area contributed by atoms with Crippen LogP contribution in [0, 0.1) is 28.6 Å². The molecule has 7 atom stereocenters. The van der Waals surface area contributed by atoms with Crippen molar-refractivity contribution in [1.82, 2.24) is 4.98 Å². The molecule has 28 heavy (non-hydrogen) atoms. The number of aliphatic hydroxyl groups excluding tert-OH is 1. The fraction of sp³-hybridized carbons (Fsp3) is 0.783. The van der Waals surface area contributed by atoms with Crippen molar-refractivity contribution in [2.75, 3.05) is 12.4 Å². The van der Waals surface area contributed by atoms with Crippen molar-refractivity contribution in [2.45, 2.75) is 76.9 Å². The van der Waals surface area contributed by atoms with Crippen LogP contribution in [-0.2, 0) is 5.60 Å². The Hall–Kier alpha value is -0.910. The van der Waals surface area contributed by atoms with E-state index in [4.69, 9.17) is 4.98 Å². The van der Waals surface area contributed by atoms with Gasteiger partial charge in [-0.25, -0.2) is 4.98 Å². The predicted octanol–water partition coefficient (Wildman–Crippen LogP) is 4.70. The van der Waals surface area contributed by atoms with E-state index >= 15 is 0 Å². The van der Waals surface area contributed by atoms with Crippen LogP contribution in [0.2, 0.25) is 0 Å². The standard InChI is InChI=1S/C23H34N2O2S/c1-21-9-6-15(26)12-14(21)4-5-16-17(21)7-10-22(2)18(16)8-11-23(22,27)19-13-28-20(24-3)25-19/h12-13,15-18,26-27H,4-11H2,1-3H3,(H,24,25)/t15-,16+,17-,18-,21-,22-,23-/m0/s1. The number of nitrogens with one attached hydrogen (secondary N) is 1. The molecule has 3 saturated carbocycles. The molecule has 4 aliphatic rings. The second kappa shape index (κ2) is 6.29. The second-order valence-electron chi connectivity index (χ2n) is 10.3. The summed E-state index contributed by atoms with van der Waals surface area (Å²) in [6, 6.07) is 0. The number of thiazole rings is 1. The average Bonchev–Trinajstić information content (AvgIpc) is 3.26. The molecule has 5 rings (SSSR count). The maximum absolute atomic E-state index is 11.9. The van der Waals surface area contributed by atoms with E-state index in [9.17, 15) is 10.2 Å². The number of anilines is 1. The zero-order chi connectivity index (χ0) is 19.7. The van der Waals surface area contributed by atoms with Crippen molar-refractivity contribution in [1.29, 1.82) is 0 Å². The highest BCUT2D eigenvalue weighted by Gasteiger charge is 2.65. The molecule has 0 spiro atoms. The molecular formula is C23H34N2O2S. The third kappa shape index (κ3) is 2.39. The Morgan fingerprint density at radius 1 is 1.11 bits per heavy atom. The highest BCUT2D eigenvalue weighted by Crippen LogP contribution is 2.69. The number of hydrogen-bond acceptors (Lipinski definition) is 5. The van der Waals surface area contributed by atoms with Crippen LogP contribution in [0.1, 0.15) is 70.9 Å². The molecule has 3 fully saturated rings. The van der Waals surface area contributed by atoms with Crippen LogP contribution >= 0.6 is 11.3 Å². The molecule has 4 aliphatic carbocycles. The molecule has 0 bridgehead atoms. The van der Waals surface area contributed by atoms with E-state index in [1.54, 1.807) is 11.3 Å². The minimum absolute atomic E-state index is 0.0843. The largest absolute Gasteiger partial charge is 0.389 e.